The van der Waals surface area contributed by atoms with Gasteiger partial charge >= 0.3 is 0 Å². The van der Waals surface area contributed by atoms with Crippen LogP contribution in [0.5, 0.6) is 0 Å². The zero-order valence-electron chi connectivity index (χ0n) is 7.60. The van der Waals surface area contributed by atoms with E-state index < -0.39 is 0 Å². The summed E-state index contributed by atoms with van der Waals surface area (Å²) in [4.78, 5) is 2.53. The Labute approximate surface area is 76.7 Å². The molecule has 0 aromatic carbocycles. The number of hydrogen-bond acceptors (Lipinski definition) is 3. The zero-order chi connectivity index (χ0) is 8.59. The Kier molecular flexibility index (Phi) is 0.638. The lowest BCUT2D eigenvalue weighted by molar-refractivity contribution is 0.119. The van der Waals surface area contributed by atoms with E-state index in [-0.39, 0.29) is 17.3 Å². The second kappa shape index (κ2) is 1.30. The molecule has 0 aromatic rings. The van der Waals surface area contributed by atoms with Gasteiger partial charge in [-0.15, -0.1) is 0 Å². The number of fused-ring (bicyclic) bond motifs is 2. The Hall–Kier alpha value is -0.120. The Morgan fingerprint density at radius 2 is 1.77 bits per heavy atom. The van der Waals surface area contributed by atoms with Crippen LogP contribution in [0.3, 0.4) is 0 Å². The largest absolute Gasteiger partial charge is 0.393 e. The number of rotatable bonds is 0. The number of aliphatic hydroxyl groups excluding tert-OH is 1. The predicted molar refractivity (Wildman–Crippen MR) is 44.1 cm³/mol. The molecule has 4 unspecified atom stereocenters. The van der Waals surface area contributed by atoms with Crippen molar-refractivity contribution in [3.8, 4) is 0 Å². The van der Waals surface area contributed by atoms with Gasteiger partial charge in [0.05, 0.1) is 6.10 Å². The molecule has 0 radical (unpaired) electrons. The predicted octanol–water partition coefficient (Wildman–Crippen LogP) is -0.409. The average molecular weight is 179 g/mol. The molecule has 1 N–H and O–H groups in total. The van der Waals surface area contributed by atoms with Gasteiger partial charge < -0.3 is 9.84 Å². The molecule has 13 heavy (non-hydrogen) atoms. The molecule has 7 atom stereocenters. The van der Waals surface area contributed by atoms with Crippen LogP contribution in [0.2, 0.25) is 0 Å². The van der Waals surface area contributed by atoms with Gasteiger partial charge in [0.25, 0.3) is 0 Å². The molecule has 0 aromatic heterocycles. The lowest BCUT2D eigenvalue weighted by Crippen LogP contribution is -2.29. The summed E-state index contributed by atoms with van der Waals surface area (Å²) >= 11 is 0. The molecule has 5 rings (SSSR count). The summed E-state index contributed by atoms with van der Waals surface area (Å²) in [6, 6.07) is 1.34. The second-order valence-corrected chi connectivity index (χ2v) is 5.58. The number of likely N-dealkylation sites (tertiary alicyclic amines) is 1. The van der Waals surface area contributed by atoms with Gasteiger partial charge in [0.2, 0.25) is 0 Å². The first-order valence-corrected chi connectivity index (χ1v) is 5.33. The van der Waals surface area contributed by atoms with E-state index in [0.29, 0.717) is 23.9 Å². The third-order valence-corrected chi connectivity index (χ3v) is 5.36. The molecule has 2 spiro atoms. The molecule has 3 saturated carbocycles. The van der Waals surface area contributed by atoms with Crippen molar-refractivity contribution >= 4 is 0 Å². The number of aliphatic hydroxyl groups is 1. The maximum Gasteiger partial charge on any atom is 0.120 e. The highest BCUT2D eigenvalue weighted by Gasteiger charge is 3.06. The molecule has 3 heteroatoms. The Morgan fingerprint density at radius 3 is 2.31 bits per heavy atom. The molecule has 0 bridgehead atoms. The van der Waals surface area contributed by atoms with Crippen LogP contribution < -0.4 is 0 Å². The first-order valence-electron chi connectivity index (χ1n) is 5.33. The Morgan fingerprint density at radius 1 is 1.23 bits per heavy atom. The maximum absolute atomic E-state index is 9.77. The number of ether oxygens (including phenoxy) is 1. The van der Waals surface area contributed by atoms with Gasteiger partial charge in [0.15, 0.2) is 0 Å². The van der Waals surface area contributed by atoms with Crippen molar-refractivity contribution in [2.75, 3.05) is 7.05 Å². The number of epoxide rings is 1. The van der Waals surface area contributed by atoms with E-state index in [0.717, 1.165) is 12.8 Å². The molecule has 2 heterocycles. The van der Waals surface area contributed by atoms with Crippen molar-refractivity contribution < 1.29 is 9.84 Å². The van der Waals surface area contributed by atoms with Crippen LogP contribution in [0.1, 0.15) is 12.8 Å². The van der Waals surface area contributed by atoms with Crippen LogP contribution in [-0.2, 0) is 4.74 Å². The van der Waals surface area contributed by atoms with Crippen LogP contribution in [0.4, 0.5) is 0 Å². The van der Waals surface area contributed by atoms with E-state index >= 15 is 0 Å². The standard InChI is InChI=1S/C10H13NO2/c1-11-7-5-2-4(12)3-6-8(11)10(6)9(5,7)13-10/h4-8,12H,2-3H2,1H3/t4-,5?,6?,7?,8?,9+,10-. The fraction of sp³-hybridized carbons (Fsp3) is 1.00. The van der Waals surface area contributed by atoms with Gasteiger partial charge in [-0.3, -0.25) is 4.90 Å². The fourth-order valence-electron chi connectivity index (χ4n) is 5.03. The molecule has 5 fully saturated rings. The monoisotopic (exact) mass is 179 g/mol. The summed E-state index contributed by atoms with van der Waals surface area (Å²) < 4.78 is 6.01. The molecule has 2 saturated heterocycles. The minimum atomic E-state index is -0.0381. The quantitative estimate of drug-likeness (QED) is 0.514. The van der Waals surface area contributed by atoms with Crippen molar-refractivity contribution in [1.29, 1.82) is 0 Å². The van der Waals surface area contributed by atoms with Gasteiger partial charge in [0.1, 0.15) is 11.2 Å². The highest BCUT2D eigenvalue weighted by atomic mass is 16.7. The molecule has 70 valence electrons. The summed E-state index contributed by atoms with van der Waals surface area (Å²) in [7, 11) is 2.24. The molecule has 0 amide bonds. The fourth-order valence-corrected chi connectivity index (χ4v) is 5.03. The van der Waals surface area contributed by atoms with E-state index in [9.17, 15) is 5.11 Å². The van der Waals surface area contributed by atoms with Crippen LogP contribution in [0.25, 0.3) is 0 Å². The average Bonchev–Trinajstić information content (AvgIpc) is 2.91. The molecular formula is C10H13NO2. The third kappa shape index (κ3) is 0.358. The number of piperidine rings is 2. The smallest absolute Gasteiger partial charge is 0.120 e. The van der Waals surface area contributed by atoms with Gasteiger partial charge in [0, 0.05) is 23.9 Å². The third-order valence-electron chi connectivity index (χ3n) is 5.36. The highest BCUT2D eigenvalue weighted by Crippen LogP contribution is 2.90. The lowest BCUT2D eigenvalue weighted by Gasteiger charge is -2.19. The minimum Gasteiger partial charge on any atom is -0.393 e. The summed E-state index contributed by atoms with van der Waals surface area (Å²) in [5, 5.41) is 9.77. The minimum absolute atomic E-state index is 0.0381. The molecule has 5 aliphatic rings. The topological polar surface area (TPSA) is 36.0 Å². The number of likely N-dealkylation sites (N-methyl/N-ethyl adjacent to an activating group) is 1. The van der Waals surface area contributed by atoms with Crippen molar-refractivity contribution in [1.82, 2.24) is 4.90 Å². The Bertz CT molecular complexity index is 316. The summed E-state index contributed by atoms with van der Waals surface area (Å²) in [5.41, 5.74) is 0.517. The first-order chi connectivity index (χ1) is 6.23. The highest BCUT2D eigenvalue weighted by molar-refractivity contribution is 5.57. The number of hydrogen-bond donors (Lipinski definition) is 1. The van der Waals surface area contributed by atoms with Crippen molar-refractivity contribution in [2.24, 2.45) is 11.8 Å². The number of morpholine rings is 1. The Balaban J connectivity index is 1.72. The molecule has 2 aliphatic heterocycles. The van der Waals surface area contributed by atoms with E-state index in [2.05, 4.69) is 11.9 Å². The molecular weight excluding hydrogens is 166 g/mol. The maximum atomic E-state index is 9.77. The van der Waals surface area contributed by atoms with Crippen molar-refractivity contribution in [3.63, 3.8) is 0 Å². The van der Waals surface area contributed by atoms with Gasteiger partial charge in [-0.1, -0.05) is 0 Å². The second-order valence-electron chi connectivity index (χ2n) is 5.58. The van der Waals surface area contributed by atoms with Crippen molar-refractivity contribution in [2.45, 2.75) is 42.2 Å². The van der Waals surface area contributed by atoms with Crippen LogP contribution in [-0.4, -0.2) is 46.4 Å². The SMILES string of the molecule is CN1C2C3C[C@H](O)CC4C1[C@@]41O[C@]321. The van der Waals surface area contributed by atoms with Crippen LogP contribution in [0, 0.1) is 11.8 Å². The summed E-state index contributed by atoms with van der Waals surface area (Å²) in [5.74, 6) is 1.33. The summed E-state index contributed by atoms with van der Waals surface area (Å²) in [6.07, 6.45) is 1.93. The van der Waals surface area contributed by atoms with Gasteiger partial charge in [-0.2, -0.15) is 0 Å². The van der Waals surface area contributed by atoms with E-state index in [1.165, 1.54) is 0 Å². The van der Waals surface area contributed by atoms with E-state index in [4.69, 9.17) is 4.74 Å². The summed E-state index contributed by atoms with van der Waals surface area (Å²) in [6.45, 7) is 0. The van der Waals surface area contributed by atoms with E-state index in [1.807, 2.05) is 0 Å². The first kappa shape index (κ1) is 6.38. The van der Waals surface area contributed by atoms with Crippen LogP contribution >= 0.6 is 0 Å². The zero-order valence-corrected chi connectivity index (χ0v) is 7.60. The van der Waals surface area contributed by atoms with Gasteiger partial charge in [-0.25, -0.2) is 0 Å². The number of nitrogens with zero attached hydrogens (tertiary/aromatic N) is 1. The molecule has 3 aliphatic carbocycles. The van der Waals surface area contributed by atoms with Gasteiger partial charge in [-0.05, 0) is 19.9 Å². The normalized spacial score (nSPS) is 81.2. The van der Waals surface area contributed by atoms with Crippen molar-refractivity contribution in [3.05, 3.63) is 0 Å². The van der Waals surface area contributed by atoms with Crippen LogP contribution in [0.15, 0.2) is 0 Å². The van der Waals surface area contributed by atoms with E-state index in [1.54, 1.807) is 0 Å². The lowest BCUT2D eigenvalue weighted by atomic mass is 10.1. The molecule has 3 nitrogen and oxygen atoms in total.